The molecule has 9 nitrogen and oxygen atoms in total. The van der Waals surface area contributed by atoms with Gasteiger partial charge in [-0.2, -0.15) is 0 Å². The smallest absolute Gasteiger partial charge is 0.253 e. The van der Waals surface area contributed by atoms with Gasteiger partial charge in [0.15, 0.2) is 0 Å². The monoisotopic (exact) mass is 727 g/mol. The predicted octanol–water partition coefficient (Wildman–Crippen LogP) is 5.78. The summed E-state index contributed by atoms with van der Waals surface area (Å²) in [4.78, 5) is 48.6. The molecule has 3 amide bonds. The summed E-state index contributed by atoms with van der Waals surface area (Å²) >= 11 is 10.4. The van der Waals surface area contributed by atoms with E-state index in [1.165, 1.54) is 0 Å². The third-order valence-corrected chi connectivity index (χ3v) is 10.5. The molecular weight excluding hydrogens is 686 g/mol. The molecule has 5 rings (SSSR count). The number of unbranched alkanes of at least 4 members (excludes halogenated alkanes) is 3. The topological polar surface area (TPSA) is 99.6 Å². The van der Waals surface area contributed by atoms with Gasteiger partial charge in [-0.25, -0.2) is 0 Å². The van der Waals surface area contributed by atoms with Crippen LogP contribution in [0, 0.1) is 11.8 Å². The van der Waals surface area contributed by atoms with Crippen molar-refractivity contribution in [3.8, 4) is 5.75 Å². The van der Waals surface area contributed by atoms with Gasteiger partial charge < -0.3 is 29.3 Å². The van der Waals surface area contributed by atoms with Crippen molar-refractivity contribution >= 4 is 56.6 Å². The maximum absolute atomic E-state index is 14.8. The number of fused-ring (bicyclic) bond motifs is 1. The molecule has 2 aromatic carbocycles. The summed E-state index contributed by atoms with van der Waals surface area (Å²) in [5.74, 6) is -1.83. The molecule has 0 saturated carbocycles. The van der Waals surface area contributed by atoms with Crippen LogP contribution in [-0.2, 0) is 19.1 Å². The molecule has 0 aromatic heterocycles. The first kappa shape index (κ1) is 35.1. The van der Waals surface area contributed by atoms with E-state index in [1.807, 2.05) is 31.2 Å². The van der Waals surface area contributed by atoms with Crippen LogP contribution in [0.15, 0.2) is 73.8 Å². The Morgan fingerprint density at radius 3 is 2.40 bits per heavy atom. The highest BCUT2D eigenvalue weighted by Crippen LogP contribution is 2.60. The highest BCUT2D eigenvalue weighted by Gasteiger charge is 2.77. The summed E-state index contributed by atoms with van der Waals surface area (Å²) in [7, 11) is 0. The lowest BCUT2D eigenvalue weighted by Crippen LogP contribution is -2.57. The SMILES string of the molecule is C=CCN(C(=O)[C@H]1[C@H]2C(=O)N(CCCCCCO)C(C(=O)N(CC=C)c3ccccc3Cl)C23CC(Br)[C@@H]1O3)c1ccc(OCC)cc1. The van der Waals surface area contributed by atoms with E-state index in [-0.39, 0.29) is 42.2 Å². The molecule has 3 saturated heterocycles. The number of rotatable bonds is 16. The molecule has 3 aliphatic rings. The van der Waals surface area contributed by atoms with Crippen LogP contribution in [0.2, 0.25) is 5.02 Å². The van der Waals surface area contributed by atoms with Crippen molar-refractivity contribution in [2.75, 3.05) is 42.6 Å². The van der Waals surface area contributed by atoms with Crippen molar-refractivity contribution in [1.29, 1.82) is 0 Å². The minimum atomic E-state index is -1.22. The summed E-state index contributed by atoms with van der Waals surface area (Å²) in [6.07, 6.45) is 5.95. The average molecular weight is 729 g/mol. The molecule has 6 atom stereocenters. The first-order valence-electron chi connectivity index (χ1n) is 16.3. The number of aliphatic hydroxyl groups is 1. The number of carbonyl (C=O) groups excluding carboxylic acids is 3. The lowest BCUT2D eigenvalue weighted by molar-refractivity contribution is -0.140. The van der Waals surface area contributed by atoms with Gasteiger partial charge >= 0.3 is 0 Å². The number of nitrogens with zero attached hydrogens (tertiary/aromatic N) is 3. The van der Waals surface area contributed by atoms with Gasteiger partial charge in [0.2, 0.25) is 11.8 Å². The maximum Gasteiger partial charge on any atom is 0.253 e. The molecule has 3 aliphatic heterocycles. The molecule has 47 heavy (non-hydrogen) atoms. The quantitative estimate of drug-likeness (QED) is 0.134. The average Bonchev–Trinajstić information content (AvgIpc) is 3.66. The van der Waals surface area contributed by atoms with E-state index in [1.54, 1.807) is 51.1 Å². The number of ether oxygens (including phenoxy) is 2. The lowest BCUT2D eigenvalue weighted by atomic mass is 9.70. The molecule has 0 aliphatic carbocycles. The van der Waals surface area contributed by atoms with Crippen molar-refractivity contribution < 1.29 is 29.0 Å². The number of aliphatic hydroxyl groups excluding tert-OH is 1. The Morgan fingerprint density at radius 2 is 1.74 bits per heavy atom. The van der Waals surface area contributed by atoms with Crippen LogP contribution in [0.5, 0.6) is 5.75 Å². The molecule has 0 radical (unpaired) electrons. The molecular formula is C36H43BrClN3O6. The van der Waals surface area contributed by atoms with Crippen LogP contribution in [0.3, 0.4) is 0 Å². The molecule has 11 heteroatoms. The van der Waals surface area contributed by atoms with Gasteiger partial charge in [0, 0.05) is 36.8 Å². The van der Waals surface area contributed by atoms with E-state index < -0.39 is 29.6 Å². The van der Waals surface area contributed by atoms with E-state index in [2.05, 4.69) is 29.1 Å². The van der Waals surface area contributed by atoms with E-state index in [0.29, 0.717) is 54.6 Å². The van der Waals surface area contributed by atoms with Crippen LogP contribution in [-0.4, -0.2) is 83.2 Å². The van der Waals surface area contributed by atoms with E-state index in [4.69, 9.17) is 21.1 Å². The van der Waals surface area contributed by atoms with Crippen molar-refractivity contribution in [2.45, 2.75) is 61.6 Å². The van der Waals surface area contributed by atoms with Crippen molar-refractivity contribution in [3.05, 3.63) is 78.9 Å². The second kappa shape index (κ2) is 15.4. The summed E-state index contributed by atoms with van der Waals surface area (Å²) < 4.78 is 12.4. The Kier molecular flexibility index (Phi) is 11.5. The fourth-order valence-corrected chi connectivity index (χ4v) is 8.63. The number of alkyl halides is 1. The number of likely N-dealkylation sites (tertiary alicyclic amines) is 1. The zero-order chi connectivity index (χ0) is 33.7. The van der Waals surface area contributed by atoms with Crippen molar-refractivity contribution in [2.24, 2.45) is 11.8 Å². The standard InChI is InChI=1S/C36H43BrClN3O6/c1-4-19-39(24-15-17-25(18-16-24)46-6-3)33(43)29-30-34(44)41(21-11-7-8-12-22-42)32(36(30)23-26(37)31(29)47-36)35(45)40(20-5-2)28-14-10-9-13-27(28)38/h4-5,9-10,13-18,26,29-32,42H,1-2,6-8,11-12,19-23H2,3H3/t26?,29-,30-,31-,32?,36?/m0/s1. The molecule has 3 unspecified atom stereocenters. The second-order valence-corrected chi connectivity index (χ2v) is 13.8. The zero-order valence-corrected chi connectivity index (χ0v) is 29.1. The Bertz CT molecular complexity index is 1470. The van der Waals surface area contributed by atoms with Gasteiger partial charge in [-0.1, -0.05) is 64.7 Å². The van der Waals surface area contributed by atoms with Crippen molar-refractivity contribution in [1.82, 2.24) is 4.90 Å². The van der Waals surface area contributed by atoms with E-state index in [9.17, 15) is 19.5 Å². The van der Waals surface area contributed by atoms with Crippen LogP contribution >= 0.6 is 27.5 Å². The number of hydrogen-bond acceptors (Lipinski definition) is 6. The van der Waals surface area contributed by atoms with Crippen LogP contribution in [0.1, 0.15) is 39.0 Å². The van der Waals surface area contributed by atoms with E-state index in [0.717, 1.165) is 12.8 Å². The molecule has 1 N–H and O–H groups in total. The Morgan fingerprint density at radius 1 is 1.06 bits per heavy atom. The highest BCUT2D eigenvalue weighted by molar-refractivity contribution is 9.09. The molecule has 3 heterocycles. The van der Waals surface area contributed by atoms with Gasteiger partial charge in [-0.05, 0) is 62.6 Å². The Balaban J connectivity index is 1.54. The number of benzene rings is 2. The predicted molar refractivity (Wildman–Crippen MR) is 187 cm³/mol. The number of carbonyl (C=O) groups is 3. The van der Waals surface area contributed by atoms with Gasteiger partial charge in [-0.15, -0.1) is 13.2 Å². The fourth-order valence-electron chi connectivity index (χ4n) is 7.45. The van der Waals surface area contributed by atoms with Crippen LogP contribution in [0.4, 0.5) is 11.4 Å². The second-order valence-electron chi connectivity index (χ2n) is 12.2. The zero-order valence-electron chi connectivity index (χ0n) is 26.7. The van der Waals surface area contributed by atoms with Gasteiger partial charge in [0.25, 0.3) is 5.91 Å². The molecule has 1 spiro atoms. The highest BCUT2D eigenvalue weighted by atomic mass is 79.9. The minimum Gasteiger partial charge on any atom is -0.494 e. The number of anilines is 2. The lowest BCUT2D eigenvalue weighted by Gasteiger charge is -2.37. The molecule has 252 valence electrons. The summed E-state index contributed by atoms with van der Waals surface area (Å²) in [6.45, 7) is 11.0. The first-order valence-corrected chi connectivity index (χ1v) is 17.6. The minimum absolute atomic E-state index is 0.102. The Hall–Kier alpha value is -3.18. The largest absolute Gasteiger partial charge is 0.494 e. The van der Waals surface area contributed by atoms with Crippen LogP contribution < -0.4 is 14.5 Å². The molecule has 2 bridgehead atoms. The number of para-hydroxylation sites is 1. The summed E-state index contributed by atoms with van der Waals surface area (Å²) in [5.41, 5.74) is -0.0638. The first-order chi connectivity index (χ1) is 22.7. The van der Waals surface area contributed by atoms with Crippen molar-refractivity contribution in [3.63, 3.8) is 0 Å². The molecule has 3 fully saturated rings. The number of halogens is 2. The normalized spacial score (nSPS) is 25.8. The van der Waals surface area contributed by atoms with Gasteiger partial charge in [0.1, 0.15) is 17.4 Å². The van der Waals surface area contributed by atoms with Crippen LogP contribution in [0.25, 0.3) is 0 Å². The maximum atomic E-state index is 14.8. The number of amides is 3. The summed E-state index contributed by atoms with van der Waals surface area (Å²) in [5, 5.41) is 9.66. The third-order valence-electron chi connectivity index (χ3n) is 9.37. The fraction of sp³-hybridized carbons (Fsp3) is 0.472. The Labute approximate surface area is 290 Å². The molecule has 2 aromatic rings. The number of hydrogen-bond donors (Lipinski definition) is 1. The summed E-state index contributed by atoms with van der Waals surface area (Å²) in [6, 6.07) is 13.4. The van der Waals surface area contributed by atoms with Gasteiger partial charge in [0.05, 0.1) is 35.3 Å². The van der Waals surface area contributed by atoms with Gasteiger partial charge in [-0.3, -0.25) is 14.4 Å². The third kappa shape index (κ3) is 6.62. The van der Waals surface area contributed by atoms with E-state index >= 15 is 0 Å².